The van der Waals surface area contributed by atoms with Crippen LogP contribution in [0.25, 0.3) is 0 Å². The van der Waals surface area contributed by atoms with E-state index in [0.29, 0.717) is 19.0 Å². The Morgan fingerprint density at radius 3 is 2.55 bits per heavy atom. The molecular weight excluding hydrogens is 390 g/mol. The van der Waals surface area contributed by atoms with Crippen molar-refractivity contribution in [3.63, 3.8) is 0 Å². The number of rotatable bonds is 8. The van der Waals surface area contributed by atoms with Gasteiger partial charge in [-0.15, -0.1) is 0 Å². The Bertz CT molecular complexity index is 787. The summed E-state index contributed by atoms with van der Waals surface area (Å²) in [6, 6.07) is 8.04. The second-order valence-corrected chi connectivity index (χ2v) is 9.51. The van der Waals surface area contributed by atoms with Crippen LogP contribution in [0.1, 0.15) is 19.3 Å². The lowest BCUT2D eigenvalue weighted by Crippen LogP contribution is -2.53. The predicted octanol–water partition coefficient (Wildman–Crippen LogP) is 1.11. The van der Waals surface area contributed by atoms with Crippen LogP contribution in [0.5, 0.6) is 5.75 Å². The van der Waals surface area contributed by atoms with Gasteiger partial charge < -0.3 is 19.9 Å². The summed E-state index contributed by atoms with van der Waals surface area (Å²) < 4.78 is 32.5. The van der Waals surface area contributed by atoms with Crippen LogP contribution in [-0.2, 0) is 10.0 Å². The minimum atomic E-state index is -3.25. The average molecular weight is 424 g/mol. The molecule has 0 atom stereocenters. The van der Waals surface area contributed by atoms with Crippen LogP contribution >= 0.6 is 0 Å². The first kappa shape index (κ1) is 21.7. The molecule has 1 heterocycles. The first-order valence-corrected chi connectivity index (χ1v) is 12.0. The van der Waals surface area contributed by atoms with Crippen LogP contribution in [0.4, 0.5) is 5.69 Å². The number of ether oxygens (including phenoxy) is 1. The highest BCUT2D eigenvalue weighted by Crippen LogP contribution is 2.28. The molecule has 1 aliphatic carbocycles. The third-order valence-corrected chi connectivity index (χ3v) is 7.04. The number of hydrogen-bond acceptors (Lipinski definition) is 5. The van der Waals surface area contributed by atoms with Crippen LogP contribution in [0, 0.1) is 5.92 Å². The van der Waals surface area contributed by atoms with Crippen molar-refractivity contribution in [2.75, 3.05) is 64.1 Å². The van der Waals surface area contributed by atoms with Gasteiger partial charge in [0.05, 0.1) is 18.6 Å². The van der Waals surface area contributed by atoms with E-state index in [-0.39, 0.29) is 5.75 Å². The van der Waals surface area contributed by atoms with Gasteiger partial charge in [-0.1, -0.05) is 18.6 Å². The Hall–Kier alpha value is -2.00. The Morgan fingerprint density at radius 2 is 1.93 bits per heavy atom. The molecule has 1 saturated carbocycles. The molecule has 8 nitrogen and oxygen atoms in total. The number of nitrogens with one attached hydrogen (secondary N) is 2. The average Bonchev–Trinajstić information content (AvgIpc) is 2.70. The molecule has 2 aliphatic rings. The number of benzene rings is 1. The molecule has 0 amide bonds. The van der Waals surface area contributed by atoms with Gasteiger partial charge in [0, 0.05) is 46.3 Å². The molecular formula is C20H33N5O3S. The molecule has 0 radical (unpaired) electrons. The van der Waals surface area contributed by atoms with Crippen molar-refractivity contribution in [3.8, 4) is 5.75 Å². The number of aliphatic imine (C=N–C) groups is 1. The van der Waals surface area contributed by atoms with Gasteiger partial charge in [0.1, 0.15) is 5.75 Å². The Labute approximate surface area is 174 Å². The third-order valence-electron chi connectivity index (χ3n) is 5.69. The van der Waals surface area contributed by atoms with Crippen LogP contribution in [0.2, 0.25) is 0 Å². The number of nitrogens with zero attached hydrogens (tertiary/aromatic N) is 3. The summed E-state index contributed by atoms with van der Waals surface area (Å²) in [4.78, 5) is 8.80. The molecule has 162 valence electrons. The van der Waals surface area contributed by atoms with Crippen molar-refractivity contribution in [1.82, 2.24) is 14.9 Å². The molecule has 1 aromatic rings. The summed E-state index contributed by atoms with van der Waals surface area (Å²) in [5, 5.41) is 3.20. The van der Waals surface area contributed by atoms with Gasteiger partial charge in [0.2, 0.25) is 10.0 Å². The maximum Gasteiger partial charge on any atom is 0.213 e. The first-order chi connectivity index (χ1) is 14.0. The van der Waals surface area contributed by atoms with E-state index >= 15 is 0 Å². The number of methoxy groups -OCH3 is 1. The summed E-state index contributed by atoms with van der Waals surface area (Å²) >= 11 is 0. The Kier molecular flexibility index (Phi) is 7.60. The van der Waals surface area contributed by atoms with Crippen LogP contribution in [-0.4, -0.2) is 78.5 Å². The van der Waals surface area contributed by atoms with E-state index < -0.39 is 10.0 Å². The fourth-order valence-electron chi connectivity index (χ4n) is 3.69. The topological polar surface area (TPSA) is 86.3 Å². The minimum absolute atomic E-state index is 0.0555. The lowest BCUT2D eigenvalue weighted by molar-refractivity contribution is 0.316. The van der Waals surface area contributed by atoms with E-state index in [0.717, 1.165) is 56.4 Å². The molecule has 1 saturated heterocycles. The van der Waals surface area contributed by atoms with Gasteiger partial charge in [0.25, 0.3) is 0 Å². The highest BCUT2D eigenvalue weighted by Gasteiger charge is 2.23. The van der Waals surface area contributed by atoms with E-state index in [1.165, 1.54) is 6.42 Å². The second-order valence-electron chi connectivity index (χ2n) is 7.58. The second kappa shape index (κ2) is 10.2. The number of piperazine rings is 1. The van der Waals surface area contributed by atoms with E-state index in [4.69, 9.17) is 4.74 Å². The number of hydrogen-bond donors (Lipinski definition) is 2. The van der Waals surface area contributed by atoms with Crippen molar-refractivity contribution in [2.24, 2.45) is 10.9 Å². The summed E-state index contributed by atoms with van der Waals surface area (Å²) in [6.07, 6.45) is 3.48. The lowest BCUT2D eigenvalue weighted by atomic mass is 9.86. The maximum atomic E-state index is 12.2. The van der Waals surface area contributed by atoms with Crippen molar-refractivity contribution in [2.45, 2.75) is 19.3 Å². The van der Waals surface area contributed by atoms with E-state index in [2.05, 4.69) is 30.9 Å². The van der Waals surface area contributed by atoms with Gasteiger partial charge >= 0.3 is 0 Å². The van der Waals surface area contributed by atoms with Gasteiger partial charge in [-0.05, 0) is 30.9 Å². The van der Waals surface area contributed by atoms with E-state index in [9.17, 15) is 8.42 Å². The quantitative estimate of drug-likeness (QED) is 0.481. The van der Waals surface area contributed by atoms with Gasteiger partial charge in [-0.2, -0.15) is 0 Å². The highest BCUT2D eigenvalue weighted by atomic mass is 32.2. The molecule has 29 heavy (non-hydrogen) atoms. The molecule has 0 unspecified atom stereocenters. The number of guanidine groups is 1. The van der Waals surface area contributed by atoms with Gasteiger partial charge in [-0.25, -0.2) is 13.1 Å². The molecule has 3 rings (SSSR count). The smallest absolute Gasteiger partial charge is 0.213 e. The molecule has 0 aromatic heterocycles. The molecule has 0 bridgehead atoms. The lowest BCUT2D eigenvalue weighted by Gasteiger charge is -2.38. The summed E-state index contributed by atoms with van der Waals surface area (Å²) in [5.41, 5.74) is 1.10. The van der Waals surface area contributed by atoms with Gasteiger partial charge in [0.15, 0.2) is 5.96 Å². The van der Waals surface area contributed by atoms with Crippen LogP contribution in [0.15, 0.2) is 29.3 Å². The monoisotopic (exact) mass is 423 g/mol. The fourth-order valence-corrected chi connectivity index (χ4v) is 4.70. The summed E-state index contributed by atoms with van der Waals surface area (Å²) in [7, 11) is 0.177. The zero-order valence-corrected chi connectivity index (χ0v) is 18.2. The standard InChI is InChI=1S/C20H33N5O3S/c1-21-20(22-10-15-29(26,27)23-16-17-6-5-7-17)25-13-11-24(12-14-25)18-8-3-4-9-19(18)28-2/h3-4,8-9,17,23H,5-7,10-16H2,1-2H3,(H,21,22). The minimum Gasteiger partial charge on any atom is -0.495 e. The fraction of sp³-hybridized carbons (Fsp3) is 0.650. The number of anilines is 1. The predicted molar refractivity (Wildman–Crippen MR) is 117 cm³/mol. The van der Waals surface area contributed by atoms with Crippen molar-refractivity contribution < 1.29 is 13.2 Å². The number of sulfonamides is 1. The van der Waals surface area contributed by atoms with Crippen LogP contribution < -0.4 is 19.7 Å². The molecule has 0 spiro atoms. The van der Waals surface area contributed by atoms with Crippen LogP contribution in [0.3, 0.4) is 0 Å². The van der Waals surface area contributed by atoms with Crippen molar-refractivity contribution >= 4 is 21.7 Å². The first-order valence-electron chi connectivity index (χ1n) is 10.3. The summed E-state index contributed by atoms with van der Waals surface area (Å²) in [6.45, 7) is 4.24. The molecule has 2 N–H and O–H groups in total. The third kappa shape index (κ3) is 5.99. The summed E-state index contributed by atoms with van der Waals surface area (Å²) in [5.74, 6) is 2.20. The van der Waals surface area contributed by atoms with E-state index in [1.54, 1.807) is 14.2 Å². The SMILES string of the molecule is CN=C(NCCS(=O)(=O)NCC1CCC1)N1CCN(c2ccccc2OC)CC1. The van der Waals surface area contributed by atoms with Gasteiger partial charge in [-0.3, -0.25) is 4.99 Å². The van der Waals surface area contributed by atoms with Crippen molar-refractivity contribution in [1.29, 1.82) is 0 Å². The zero-order valence-electron chi connectivity index (χ0n) is 17.4. The molecule has 2 fully saturated rings. The molecule has 1 aliphatic heterocycles. The van der Waals surface area contributed by atoms with Crippen molar-refractivity contribution in [3.05, 3.63) is 24.3 Å². The molecule has 9 heteroatoms. The Morgan fingerprint density at radius 1 is 1.21 bits per heavy atom. The number of para-hydroxylation sites is 2. The zero-order chi connectivity index (χ0) is 20.7. The largest absolute Gasteiger partial charge is 0.495 e. The highest BCUT2D eigenvalue weighted by molar-refractivity contribution is 7.89. The Balaban J connectivity index is 1.44. The maximum absolute atomic E-state index is 12.2. The molecule has 1 aromatic carbocycles. The normalized spacial score (nSPS) is 18.5. The van der Waals surface area contributed by atoms with E-state index in [1.807, 2.05) is 18.2 Å².